The van der Waals surface area contributed by atoms with E-state index in [-0.39, 0.29) is 30.0 Å². The van der Waals surface area contributed by atoms with E-state index in [9.17, 15) is 22.8 Å². The molecule has 2 atom stereocenters. The van der Waals surface area contributed by atoms with Crippen LogP contribution in [-0.2, 0) is 17.4 Å². The minimum Gasteiger partial charge on any atom is -0.468 e. The number of rotatable bonds is 4. The maximum atomic E-state index is 12.7. The van der Waals surface area contributed by atoms with Gasteiger partial charge in [0.2, 0.25) is 5.91 Å². The Morgan fingerprint density at radius 1 is 1.35 bits per heavy atom. The van der Waals surface area contributed by atoms with Gasteiger partial charge in [-0.2, -0.15) is 18.3 Å². The topological polar surface area (TPSA) is 95.0 Å². The van der Waals surface area contributed by atoms with Crippen molar-refractivity contribution in [2.24, 2.45) is 11.8 Å². The molecule has 0 radical (unpaired) electrons. The molecule has 10 heteroatoms. The van der Waals surface area contributed by atoms with Crippen molar-refractivity contribution in [2.75, 3.05) is 6.54 Å². The molecule has 1 saturated heterocycles. The van der Waals surface area contributed by atoms with E-state index in [0.29, 0.717) is 24.6 Å². The van der Waals surface area contributed by atoms with Gasteiger partial charge in [-0.25, -0.2) is 9.89 Å². The monoisotopic (exact) mass is 370 g/mol. The number of halogens is 3. The zero-order valence-corrected chi connectivity index (χ0v) is 13.7. The minimum absolute atomic E-state index is 0.0357. The SMILES string of the molecule is O=C(Cc1cc(C(F)(F)F)co1)N1CCC(C2CC2)C1c1n[nH]c(=O)[nH]1. The Kier molecular flexibility index (Phi) is 3.92. The smallest absolute Gasteiger partial charge is 0.419 e. The number of likely N-dealkylation sites (tertiary alicyclic amines) is 1. The predicted octanol–water partition coefficient (Wildman–Crippen LogP) is 2.25. The Labute approximate surface area is 145 Å². The lowest BCUT2D eigenvalue weighted by molar-refractivity contribution is -0.138. The number of nitrogens with one attached hydrogen (secondary N) is 2. The largest absolute Gasteiger partial charge is 0.468 e. The molecule has 3 heterocycles. The molecule has 1 amide bonds. The molecule has 2 aromatic heterocycles. The molecule has 140 valence electrons. The molecule has 2 N–H and O–H groups in total. The highest BCUT2D eigenvalue weighted by molar-refractivity contribution is 5.79. The van der Waals surface area contributed by atoms with Crippen LogP contribution < -0.4 is 5.69 Å². The number of H-pyrrole nitrogens is 2. The van der Waals surface area contributed by atoms with Crippen molar-refractivity contribution in [1.82, 2.24) is 20.1 Å². The molecule has 1 aliphatic carbocycles. The van der Waals surface area contributed by atoms with Gasteiger partial charge in [-0.15, -0.1) is 0 Å². The average molecular weight is 370 g/mol. The molecular weight excluding hydrogens is 353 g/mol. The number of carbonyl (C=O) groups is 1. The molecule has 2 fully saturated rings. The number of alkyl halides is 3. The highest BCUT2D eigenvalue weighted by Crippen LogP contribution is 2.49. The van der Waals surface area contributed by atoms with Crippen molar-refractivity contribution >= 4 is 5.91 Å². The Morgan fingerprint density at radius 3 is 2.69 bits per heavy atom. The minimum atomic E-state index is -4.51. The Balaban J connectivity index is 1.54. The van der Waals surface area contributed by atoms with E-state index >= 15 is 0 Å². The molecule has 1 aliphatic heterocycles. The summed E-state index contributed by atoms with van der Waals surface area (Å²) in [5, 5.41) is 6.29. The zero-order chi connectivity index (χ0) is 18.5. The van der Waals surface area contributed by atoms with Crippen LogP contribution in [0.15, 0.2) is 21.5 Å². The molecule has 7 nitrogen and oxygen atoms in total. The molecular formula is C16H17F3N4O3. The fraction of sp³-hybridized carbons (Fsp3) is 0.562. The van der Waals surface area contributed by atoms with Crippen molar-refractivity contribution < 1.29 is 22.4 Å². The molecule has 1 saturated carbocycles. The summed E-state index contributed by atoms with van der Waals surface area (Å²) in [5.74, 6) is 0.698. The summed E-state index contributed by atoms with van der Waals surface area (Å²) in [7, 11) is 0. The molecule has 2 aromatic rings. The maximum Gasteiger partial charge on any atom is 0.419 e. The van der Waals surface area contributed by atoms with Gasteiger partial charge in [-0.1, -0.05) is 0 Å². The molecule has 2 aliphatic rings. The first kappa shape index (κ1) is 16.9. The van der Waals surface area contributed by atoms with Gasteiger partial charge >= 0.3 is 11.9 Å². The van der Waals surface area contributed by atoms with Crippen LogP contribution in [-0.4, -0.2) is 32.5 Å². The third-order valence-electron chi connectivity index (χ3n) is 5.10. The molecule has 2 unspecified atom stereocenters. The first-order valence-corrected chi connectivity index (χ1v) is 8.41. The molecule has 0 bridgehead atoms. The summed E-state index contributed by atoms with van der Waals surface area (Å²) in [6.45, 7) is 0.479. The fourth-order valence-corrected chi connectivity index (χ4v) is 3.76. The van der Waals surface area contributed by atoms with Gasteiger partial charge in [-0.05, 0) is 37.2 Å². The van der Waals surface area contributed by atoms with Gasteiger partial charge in [-0.3, -0.25) is 9.78 Å². The van der Waals surface area contributed by atoms with Crippen LogP contribution in [0.5, 0.6) is 0 Å². The van der Waals surface area contributed by atoms with Crippen LogP contribution >= 0.6 is 0 Å². The summed E-state index contributed by atoms with van der Waals surface area (Å²) >= 11 is 0. The number of aromatic nitrogens is 3. The van der Waals surface area contributed by atoms with Crippen LogP contribution in [0.1, 0.15) is 42.5 Å². The van der Waals surface area contributed by atoms with Gasteiger partial charge in [0, 0.05) is 6.54 Å². The number of nitrogens with zero attached hydrogens (tertiary/aromatic N) is 2. The van der Waals surface area contributed by atoms with Gasteiger partial charge in [0.25, 0.3) is 0 Å². The summed E-state index contributed by atoms with van der Waals surface area (Å²) in [4.78, 5) is 28.3. The van der Waals surface area contributed by atoms with Gasteiger partial charge in [0.05, 0.1) is 18.0 Å². The number of hydrogen-bond donors (Lipinski definition) is 2. The van der Waals surface area contributed by atoms with Gasteiger partial charge in [0.15, 0.2) is 5.82 Å². The maximum absolute atomic E-state index is 12.7. The summed E-state index contributed by atoms with van der Waals surface area (Å²) < 4.78 is 42.9. The molecule has 4 rings (SSSR count). The predicted molar refractivity (Wildman–Crippen MR) is 81.9 cm³/mol. The molecule has 0 aromatic carbocycles. The number of amides is 1. The summed E-state index contributed by atoms with van der Waals surface area (Å²) in [6, 6.07) is 0.476. The summed E-state index contributed by atoms with van der Waals surface area (Å²) in [5.41, 5.74) is -1.36. The second kappa shape index (κ2) is 6.03. The Morgan fingerprint density at radius 2 is 2.12 bits per heavy atom. The van der Waals surface area contributed by atoms with E-state index in [1.807, 2.05) is 0 Å². The van der Waals surface area contributed by atoms with E-state index in [0.717, 1.165) is 25.3 Å². The van der Waals surface area contributed by atoms with E-state index in [2.05, 4.69) is 15.2 Å². The highest BCUT2D eigenvalue weighted by atomic mass is 19.4. The number of furan rings is 1. The molecule has 0 spiro atoms. The van der Waals surface area contributed by atoms with Crippen LogP contribution in [0.4, 0.5) is 13.2 Å². The first-order chi connectivity index (χ1) is 12.3. The van der Waals surface area contributed by atoms with E-state index in [1.165, 1.54) is 0 Å². The quantitative estimate of drug-likeness (QED) is 0.863. The number of hydrogen-bond acceptors (Lipinski definition) is 4. The average Bonchev–Trinajstić information content (AvgIpc) is 2.98. The van der Waals surface area contributed by atoms with Crippen molar-refractivity contribution in [3.05, 3.63) is 40.0 Å². The number of aromatic amines is 2. The Bertz CT molecular complexity index is 864. The van der Waals surface area contributed by atoms with Crippen LogP contribution in [0.3, 0.4) is 0 Å². The lowest BCUT2D eigenvalue weighted by atomic mass is 9.94. The van der Waals surface area contributed by atoms with E-state index in [4.69, 9.17) is 4.42 Å². The first-order valence-electron chi connectivity index (χ1n) is 8.41. The third kappa shape index (κ3) is 3.15. The lowest BCUT2D eigenvalue weighted by Crippen LogP contribution is -2.34. The second-order valence-electron chi connectivity index (χ2n) is 6.86. The standard InChI is InChI=1S/C16H17F3N4O3/c17-16(18,19)9-5-10(26-7-9)6-12(24)23-4-3-11(8-1-2-8)13(23)14-20-15(25)22-21-14/h5,7-8,11,13H,1-4,6H2,(H2,20,21,22,25). The lowest BCUT2D eigenvalue weighted by Gasteiger charge is -2.26. The van der Waals surface area contributed by atoms with Crippen LogP contribution in [0.25, 0.3) is 0 Å². The van der Waals surface area contributed by atoms with Crippen molar-refractivity contribution in [2.45, 2.75) is 37.9 Å². The van der Waals surface area contributed by atoms with Crippen molar-refractivity contribution in [3.63, 3.8) is 0 Å². The van der Waals surface area contributed by atoms with Crippen LogP contribution in [0.2, 0.25) is 0 Å². The van der Waals surface area contributed by atoms with E-state index in [1.54, 1.807) is 4.90 Å². The number of carbonyl (C=O) groups excluding carboxylic acids is 1. The zero-order valence-electron chi connectivity index (χ0n) is 13.7. The Hall–Kier alpha value is -2.52. The summed E-state index contributed by atoms with van der Waals surface area (Å²) in [6.07, 6.45) is -1.23. The van der Waals surface area contributed by atoms with Gasteiger partial charge in [0.1, 0.15) is 12.0 Å². The van der Waals surface area contributed by atoms with E-state index < -0.39 is 17.4 Å². The third-order valence-corrected chi connectivity index (χ3v) is 5.10. The van der Waals surface area contributed by atoms with Crippen molar-refractivity contribution in [3.8, 4) is 0 Å². The van der Waals surface area contributed by atoms with Crippen molar-refractivity contribution in [1.29, 1.82) is 0 Å². The molecule has 26 heavy (non-hydrogen) atoms. The second-order valence-corrected chi connectivity index (χ2v) is 6.86. The fourth-order valence-electron chi connectivity index (χ4n) is 3.76. The van der Waals surface area contributed by atoms with Gasteiger partial charge < -0.3 is 9.32 Å². The highest BCUT2D eigenvalue weighted by Gasteiger charge is 2.47. The normalized spacial score (nSPS) is 23.6. The van der Waals surface area contributed by atoms with Crippen LogP contribution in [0, 0.1) is 11.8 Å².